The summed E-state index contributed by atoms with van der Waals surface area (Å²) >= 11 is 1.75. The van der Waals surface area contributed by atoms with Crippen LogP contribution in [0.25, 0.3) is 22.2 Å². The smallest absolute Gasteiger partial charge is 0.257 e. The number of aryl methyl sites for hydroxylation is 1. The van der Waals surface area contributed by atoms with Crippen molar-refractivity contribution in [1.82, 2.24) is 10.3 Å². The molecule has 1 amide bonds. The summed E-state index contributed by atoms with van der Waals surface area (Å²) in [5.41, 5.74) is 4.65. The number of carbonyl (C=O) groups excluding carboxylic acids is 1. The summed E-state index contributed by atoms with van der Waals surface area (Å²) < 4.78 is 5.49. The van der Waals surface area contributed by atoms with E-state index in [-0.39, 0.29) is 12.5 Å². The zero-order chi connectivity index (χ0) is 20.8. The molecule has 0 bridgehead atoms. The number of hydrogen-bond donors (Lipinski definition) is 2. The molecule has 0 spiro atoms. The number of rotatable bonds is 8. The van der Waals surface area contributed by atoms with Crippen molar-refractivity contribution in [3.8, 4) is 17.0 Å². The van der Waals surface area contributed by atoms with Gasteiger partial charge >= 0.3 is 0 Å². The Hall–Kier alpha value is -3.18. The number of para-hydroxylation sites is 2. The highest BCUT2D eigenvalue weighted by Crippen LogP contribution is 2.37. The van der Waals surface area contributed by atoms with Crippen LogP contribution in [0.5, 0.6) is 5.75 Å². The number of nitrogens with one attached hydrogen (secondary N) is 2. The maximum atomic E-state index is 12.1. The van der Waals surface area contributed by atoms with Gasteiger partial charge in [0, 0.05) is 28.1 Å². The molecule has 0 aliphatic heterocycles. The summed E-state index contributed by atoms with van der Waals surface area (Å²) in [5, 5.41) is 4.14. The number of aromatic amines is 1. The van der Waals surface area contributed by atoms with Gasteiger partial charge in [-0.15, -0.1) is 11.8 Å². The summed E-state index contributed by atoms with van der Waals surface area (Å²) in [7, 11) is 0. The van der Waals surface area contributed by atoms with E-state index >= 15 is 0 Å². The van der Waals surface area contributed by atoms with Crippen molar-refractivity contribution in [3.63, 3.8) is 0 Å². The number of carbonyl (C=O) groups is 1. The van der Waals surface area contributed by atoms with E-state index < -0.39 is 0 Å². The Bertz CT molecular complexity index is 1120. The largest absolute Gasteiger partial charge is 0.484 e. The zero-order valence-corrected chi connectivity index (χ0v) is 17.7. The Morgan fingerprint density at radius 1 is 0.967 bits per heavy atom. The molecule has 0 saturated carbocycles. The molecule has 0 aliphatic carbocycles. The van der Waals surface area contributed by atoms with Crippen LogP contribution in [0.1, 0.15) is 5.56 Å². The van der Waals surface area contributed by atoms with Crippen molar-refractivity contribution in [2.75, 3.05) is 18.9 Å². The number of ether oxygens (including phenoxy) is 1. The lowest BCUT2D eigenvalue weighted by Gasteiger charge is -2.08. The second kappa shape index (κ2) is 9.55. The van der Waals surface area contributed by atoms with Gasteiger partial charge in [0.05, 0.1) is 5.69 Å². The topological polar surface area (TPSA) is 54.1 Å². The third kappa shape index (κ3) is 4.86. The van der Waals surface area contributed by atoms with Crippen LogP contribution < -0.4 is 10.1 Å². The highest BCUT2D eigenvalue weighted by atomic mass is 32.2. The van der Waals surface area contributed by atoms with E-state index in [1.165, 1.54) is 21.4 Å². The molecule has 5 heteroatoms. The van der Waals surface area contributed by atoms with Crippen LogP contribution in [-0.4, -0.2) is 29.8 Å². The molecular weight excluding hydrogens is 392 g/mol. The molecule has 2 N–H and O–H groups in total. The van der Waals surface area contributed by atoms with Crippen LogP contribution in [0.4, 0.5) is 0 Å². The molecule has 0 radical (unpaired) electrons. The third-order valence-corrected chi connectivity index (χ3v) is 5.90. The summed E-state index contributed by atoms with van der Waals surface area (Å²) in [6, 6.07) is 26.2. The fourth-order valence-corrected chi connectivity index (χ4v) is 4.30. The number of fused-ring (bicyclic) bond motifs is 1. The number of amides is 1. The monoisotopic (exact) mass is 416 g/mol. The second-order valence-corrected chi connectivity index (χ2v) is 8.15. The predicted molar refractivity (Wildman–Crippen MR) is 124 cm³/mol. The molecular formula is C25H24N2O2S. The number of thioether (sulfide) groups is 1. The molecule has 3 aromatic carbocycles. The van der Waals surface area contributed by atoms with E-state index in [0.717, 1.165) is 17.0 Å². The van der Waals surface area contributed by atoms with Crippen LogP contribution in [0, 0.1) is 6.92 Å². The Morgan fingerprint density at radius 2 is 1.70 bits per heavy atom. The summed E-state index contributed by atoms with van der Waals surface area (Å²) in [6.07, 6.45) is 0. The average Bonchev–Trinajstić information content (AvgIpc) is 3.15. The number of benzene rings is 3. The van der Waals surface area contributed by atoms with E-state index in [0.29, 0.717) is 12.3 Å². The first kappa shape index (κ1) is 20.1. The van der Waals surface area contributed by atoms with Gasteiger partial charge in [0.25, 0.3) is 5.91 Å². The molecule has 0 fully saturated rings. The fourth-order valence-electron chi connectivity index (χ4n) is 3.25. The third-order valence-electron chi connectivity index (χ3n) is 4.78. The van der Waals surface area contributed by atoms with Crippen molar-refractivity contribution in [1.29, 1.82) is 0 Å². The van der Waals surface area contributed by atoms with Crippen LogP contribution in [0.3, 0.4) is 0 Å². The van der Waals surface area contributed by atoms with Crippen LogP contribution in [-0.2, 0) is 4.79 Å². The molecule has 4 aromatic rings. The van der Waals surface area contributed by atoms with Crippen LogP contribution in [0.2, 0.25) is 0 Å². The van der Waals surface area contributed by atoms with E-state index in [4.69, 9.17) is 4.74 Å². The Kier molecular flexibility index (Phi) is 6.40. The SMILES string of the molecule is Cc1ccc(-c2[nH]c3ccccc3c2SCCNC(=O)COc2ccccc2)cc1. The average molecular weight is 417 g/mol. The van der Waals surface area contributed by atoms with E-state index in [1.54, 1.807) is 11.8 Å². The lowest BCUT2D eigenvalue weighted by atomic mass is 10.1. The standard InChI is InChI=1S/C25H24N2O2S/c1-18-11-13-19(14-12-18)24-25(21-9-5-6-10-22(21)27-24)30-16-15-26-23(28)17-29-20-7-3-2-4-8-20/h2-14,27H,15-17H2,1H3,(H,26,28). The van der Waals surface area contributed by atoms with Gasteiger partial charge in [-0.1, -0.05) is 66.2 Å². The molecule has 30 heavy (non-hydrogen) atoms. The molecule has 152 valence electrons. The minimum Gasteiger partial charge on any atom is -0.484 e. The highest BCUT2D eigenvalue weighted by molar-refractivity contribution is 7.99. The van der Waals surface area contributed by atoms with Crippen molar-refractivity contribution < 1.29 is 9.53 Å². The van der Waals surface area contributed by atoms with E-state index in [9.17, 15) is 4.79 Å². The summed E-state index contributed by atoms with van der Waals surface area (Å²) in [5.74, 6) is 1.36. The number of H-pyrrole nitrogens is 1. The highest BCUT2D eigenvalue weighted by Gasteiger charge is 2.13. The summed E-state index contributed by atoms with van der Waals surface area (Å²) in [6.45, 7) is 2.69. The minimum atomic E-state index is -0.114. The van der Waals surface area contributed by atoms with Gasteiger partial charge in [0.1, 0.15) is 5.75 Å². The first-order valence-electron chi connectivity index (χ1n) is 9.96. The van der Waals surface area contributed by atoms with Gasteiger partial charge in [-0.25, -0.2) is 0 Å². The van der Waals surface area contributed by atoms with Gasteiger partial charge in [0.15, 0.2) is 6.61 Å². The Morgan fingerprint density at radius 3 is 2.50 bits per heavy atom. The fraction of sp³-hybridized carbons (Fsp3) is 0.160. The van der Waals surface area contributed by atoms with Gasteiger partial charge in [0.2, 0.25) is 0 Å². The molecule has 1 aromatic heterocycles. The van der Waals surface area contributed by atoms with Crippen LogP contribution >= 0.6 is 11.8 Å². The normalized spacial score (nSPS) is 10.8. The Balaban J connectivity index is 1.38. The molecule has 4 nitrogen and oxygen atoms in total. The molecule has 1 heterocycles. The van der Waals surface area contributed by atoms with Gasteiger partial charge in [-0.2, -0.15) is 0 Å². The van der Waals surface area contributed by atoms with Crippen molar-refractivity contribution >= 4 is 28.6 Å². The lowest BCUT2D eigenvalue weighted by molar-refractivity contribution is -0.122. The molecule has 0 saturated heterocycles. The number of aromatic nitrogens is 1. The molecule has 0 aliphatic rings. The van der Waals surface area contributed by atoms with Gasteiger partial charge in [-0.05, 0) is 30.7 Å². The van der Waals surface area contributed by atoms with Gasteiger partial charge < -0.3 is 15.0 Å². The van der Waals surface area contributed by atoms with Crippen LogP contribution in [0.15, 0.2) is 83.8 Å². The molecule has 0 unspecified atom stereocenters. The molecule has 4 rings (SSSR count). The molecule has 0 atom stereocenters. The van der Waals surface area contributed by atoms with E-state index in [1.807, 2.05) is 36.4 Å². The maximum absolute atomic E-state index is 12.1. The lowest BCUT2D eigenvalue weighted by Crippen LogP contribution is -2.30. The minimum absolute atomic E-state index is 0.0242. The van der Waals surface area contributed by atoms with E-state index in [2.05, 4.69) is 59.7 Å². The predicted octanol–water partition coefficient (Wildman–Crippen LogP) is 5.43. The van der Waals surface area contributed by atoms with Crippen molar-refractivity contribution in [2.24, 2.45) is 0 Å². The first-order chi connectivity index (χ1) is 14.7. The quantitative estimate of drug-likeness (QED) is 0.297. The first-order valence-corrected chi connectivity index (χ1v) is 10.9. The summed E-state index contributed by atoms with van der Waals surface area (Å²) in [4.78, 5) is 16.8. The van der Waals surface area contributed by atoms with Crippen molar-refractivity contribution in [3.05, 3.63) is 84.4 Å². The van der Waals surface area contributed by atoms with Crippen molar-refractivity contribution in [2.45, 2.75) is 11.8 Å². The zero-order valence-electron chi connectivity index (χ0n) is 16.9. The number of hydrogen-bond acceptors (Lipinski definition) is 3. The second-order valence-electron chi connectivity index (χ2n) is 7.04. The van der Waals surface area contributed by atoms with Gasteiger partial charge in [-0.3, -0.25) is 4.79 Å². The maximum Gasteiger partial charge on any atom is 0.257 e. The Labute approximate surface area is 180 Å².